The van der Waals surface area contributed by atoms with E-state index in [4.69, 9.17) is 18.6 Å². The summed E-state index contributed by atoms with van der Waals surface area (Å²) in [4.78, 5) is 25.7. The maximum atomic E-state index is 13.1. The fourth-order valence-corrected chi connectivity index (χ4v) is 3.65. The number of benzene rings is 3. The minimum atomic E-state index is -0.482. The van der Waals surface area contributed by atoms with E-state index in [9.17, 15) is 9.59 Å². The first kappa shape index (κ1) is 23.1. The lowest BCUT2D eigenvalue weighted by Gasteiger charge is -2.18. The van der Waals surface area contributed by atoms with Crippen LogP contribution < -0.4 is 19.6 Å². The number of fused-ring (bicyclic) bond motifs is 1. The smallest absolute Gasteiger partial charge is 0.343 e. The average molecular weight is 459 g/mol. The Morgan fingerprint density at radius 2 is 1.56 bits per heavy atom. The molecule has 0 amide bonds. The molecular weight excluding hydrogens is 432 g/mol. The lowest BCUT2D eigenvalue weighted by molar-refractivity contribution is 0.0735. The van der Waals surface area contributed by atoms with Gasteiger partial charge in [0.25, 0.3) is 0 Å². The Hall–Kier alpha value is -4.06. The zero-order valence-corrected chi connectivity index (χ0v) is 19.8. The molecule has 0 aliphatic carbocycles. The van der Waals surface area contributed by atoms with Gasteiger partial charge in [-0.2, -0.15) is 0 Å². The van der Waals surface area contributed by atoms with E-state index in [1.165, 1.54) is 19.4 Å². The van der Waals surface area contributed by atoms with E-state index in [1.807, 2.05) is 12.1 Å². The van der Waals surface area contributed by atoms with E-state index >= 15 is 0 Å². The molecule has 6 heteroatoms. The molecule has 0 aliphatic heterocycles. The maximum Gasteiger partial charge on any atom is 0.343 e. The number of rotatable bonds is 5. The Balaban J connectivity index is 1.61. The van der Waals surface area contributed by atoms with Gasteiger partial charge in [0.15, 0.2) is 16.9 Å². The standard InChI is InChI=1S/C28H26O6/c1-28(2,3)19-9-6-17(7-10-19)27(30)34-20-11-12-21-24(15-20)33-16-22(26(21)29)18-8-13-23(31-4)25(14-18)32-5/h6-16H,1-5H3. The summed E-state index contributed by atoms with van der Waals surface area (Å²) in [7, 11) is 3.08. The predicted octanol–water partition coefficient (Wildman–Crippen LogP) is 5.99. The summed E-state index contributed by atoms with van der Waals surface area (Å²) in [5.74, 6) is 0.886. The largest absolute Gasteiger partial charge is 0.493 e. The Kier molecular flexibility index (Phi) is 6.16. The van der Waals surface area contributed by atoms with Crippen LogP contribution in [0, 0.1) is 0 Å². The lowest BCUT2D eigenvalue weighted by atomic mass is 9.87. The molecule has 3 aromatic carbocycles. The van der Waals surface area contributed by atoms with Gasteiger partial charge in [-0.25, -0.2) is 4.79 Å². The maximum absolute atomic E-state index is 13.1. The van der Waals surface area contributed by atoms with Crippen LogP contribution in [-0.4, -0.2) is 20.2 Å². The van der Waals surface area contributed by atoms with E-state index in [2.05, 4.69) is 20.8 Å². The van der Waals surface area contributed by atoms with E-state index in [1.54, 1.807) is 49.6 Å². The monoisotopic (exact) mass is 458 g/mol. The summed E-state index contributed by atoms with van der Waals surface area (Å²) < 4.78 is 21.8. The molecule has 0 saturated carbocycles. The third kappa shape index (κ3) is 4.53. The first-order chi connectivity index (χ1) is 16.2. The Bertz CT molecular complexity index is 1410. The third-order valence-corrected chi connectivity index (χ3v) is 5.64. The van der Waals surface area contributed by atoms with E-state index in [0.29, 0.717) is 44.9 Å². The number of hydrogen-bond acceptors (Lipinski definition) is 6. The minimum Gasteiger partial charge on any atom is -0.493 e. The average Bonchev–Trinajstić information content (AvgIpc) is 2.83. The molecule has 0 spiro atoms. The van der Waals surface area contributed by atoms with Gasteiger partial charge in [-0.15, -0.1) is 0 Å². The molecule has 0 N–H and O–H groups in total. The normalized spacial score (nSPS) is 11.3. The van der Waals surface area contributed by atoms with Crippen LogP contribution in [0.15, 0.2) is 76.1 Å². The molecule has 0 saturated heterocycles. The summed E-state index contributed by atoms with van der Waals surface area (Å²) in [6, 6.07) is 17.3. The van der Waals surface area contributed by atoms with Crippen molar-refractivity contribution in [2.75, 3.05) is 14.2 Å². The quantitative estimate of drug-likeness (QED) is 0.270. The van der Waals surface area contributed by atoms with Gasteiger partial charge in [-0.3, -0.25) is 4.79 Å². The van der Waals surface area contributed by atoms with Crippen molar-refractivity contribution in [1.29, 1.82) is 0 Å². The van der Waals surface area contributed by atoms with Crippen LogP contribution in [0.3, 0.4) is 0 Å². The van der Waals surface area contributed by atoms with Crippen molar-refractivity contribution < 1.29 is 23.4 Å². The summed E-state index contributed by atoms with van der Waals surface area (Å²) in [5, 5.41) is 0.376. The van der Waals surface area contributed by atoms with Gasteiger partial charge in [0, 0.05) is 6.07 Å². The van der Waals surface area contributed by atoms with Crippen LogP contribution in [0.2, 0.25) is 0 Å². The SMILES string of the molecule is COc1ccc(-c2coc3cc(OC(=O)c4ccc(C(C)(C)C)cc4)ccc3c2=O)cc1OC. The molecule has 4 aromatic rings. The number of carbonyl (C=O) groups excluding carboxylic acids is 1. The topological polar surface area (TPSA) is 75.0 Å². The summed E-state index contributed by atoms with van der Waals surface area (Å²) in [6.45, 7) is 6.33. The number of methoxy groups -OCH3 is 2. The summed E-state index contributed by atoms with van der Waals surface area (Å²) in [5.41, 5.74) is 2.71. The zero-order valence-electron chi connectivity index (χ0n) is 19.8. The minimum absolute atomic E-state index is 0.00583. The number of ether oxygens (including phenoxy) is 3. The van der Waals surface area contributed by atoms with Gasteiger partial charge in [-0.05, 0) is 52.9 Å². The van der Waals surface area contributed by atoms with Crippen LogP contribution in [-0.2, 0) is 5.41 Å². The Morgan fingerprint density at radius 3 is 2.21 bits per heavy atom. The second kappa shape index (κ2) is 9.06. The fourth-order valence-electron chi connectivity index (χ4n) is 3.65. The fraction of sp³-hybridized carbons (Fsp3) is 0.214. The van der Waals surface area contributed by atoms with Crippen molar-refractivity contribution in [3.63, 3.8) is 0 Å². The number of hydrogen-bond donors (Lipinski definition) is 0. The molecule has 174 valence electrons. The van der Waals surface area contributed by atoms with Crippen LogP contribution in [0.5, 0.6) is 17.2 Å². The molecule has 0 radical (unpaired) electrons. The molecule has 0 fully saturated rings. The molecule has 4 rings (SSSR count). The van der Waals surface area contributed by atoms with Crippen molar-refractivity contribution >= 4 is 16.9 Å². The van der Waals surface area contributed by atoms with Gasteiger partial charge >= 0.3 is 5.97 Å². The highest BCUT2D eigenvalue weighted by molar-refractivity contribution is 5.92. The highest BCUT2D eigenvalue weighted by atomic mass is 16.5. The first-order valence-electron chi connectivity index (χ1n) is 10.8. The van der Waals surface area contributed by atoms with Gasteiger partial charge < -0.3 is 18.6 Å². The van der Waals surface area contributed by atoms with E-state index in [0.717, 1.165) is 5.56 Å². The van der Waals surface area contributed by atoms with Crippen molar-refractivity contribution in [2.45, 2.75) is 26.2 Å². The van der Waals surface area contributed by atoms with Gasteiger partial charge in [-0.1, -0.05) is 39.0 Å². The second-order valence-electron chi connectivity index (χ2n) is 8.92. The zero-order chi connectivity index (χ0) is 24.5. The van der Waals surface area contributed by atoms with Crippen molar-refractivity contribution in [3.8, 4) is 28.4 Å². The molecule has 1 heterocycles. The molecule has 34 heavy (non-hydrogen) atoms. The molecule has 1 aromatic heterocycles. The third-order valence-electron chi connectivity index (χ3n) is 5.64. The number of carbonyl (C=O) groups is 1. The predicted molar refractivity (Wildman–Crippen MR) is 131 cm³/mol. The first-order valence-corrected chi connectivity index (χ1v) is 10.8. The number of esters is 1. The Labute approximate surface area is 197 Å². The molecular formula is C28H26O6. The van der Waals surface area contributed by atoms with Gasteiger partial charge in [0.1, 0.15) is 17.6 Å². The lowest BCUT2D eigenvalue weighted by Crippen LogP contribution is -2.13. The molecule has 0 atom stereocenters. The van der Waals surface area contributed by atoms with Crippen LogP contribution in [0.25, 0.3) is 22.1 Å². The van der Waals surface area contributed by atoms with Gasteiger partial charge in [0.2, 0.25) is 0 Å². The van der Waals surface area contributed by atoms with Crippen LogP contribution in [0.1, 0.15) is 36.7 Å². The van der Waals surface area contributed by atoms with Crippen LogP contribution >= 0.6 is 0 Å². The van der Waals surface area contributed by atoms with Gasteiger partial charge in [0.05, 0.1) is 30.7 Å². The van der Waals surface area contributed by atoms with Crippen LogP contribution in [0.4, 0.5) is 0 Å². The molecule has 0 unspecified atom stereocenters. The second-order valence-corrected chi connectivity index (χ2v) is 8.92. The van der Waals surface area contributed by atoms with Crippen molar-refractivity contribution in [2.24, 2.45) is 0 Å². The van der Waals surface area contributed by atoms with E-state index in [-0.39, 0.29) is 10.8 Å². The highest BCUT2D eigenvalue weighted by Crippen LogP contribution is 2.32. The highest BCUT2D eigenvalue weighted by Gasteiger charge is 2.16. The molecule has 0 aliphatic rings. The summed E-state index contributed by atoms with van der Waals surface area (Å²) in [6.07, 6.45) is 1.39. The van der Waals surface area contributed by atoms with Crippen molar-refractivity contribution in [3.05, 3.63) is 88.3 Å². The van der Waals surface area contributed by atoms with Crippen molar-refractivity contribution in [1.82, 2.24) is 0 Å². The summed E-state index contributed by atoms with van der Waals surface area (Å²) >= 11 is 0. The van der Waals surface area contributed by atoms with E-state index < -0.39 is 5.97 Å². The molecule has 6 nitrogen and oxygen atoms in total. The molecule has 0 bridgehead atoms. The Morgan fingerprint density at radius 1 is 0.853 bits per heavy atom.